The van der Waals surface area contributed by atoms with Crippen LogP contribution in [0.25, 0.3) is 0 Å². The summed E-state index contributed by atoms with van der Waals surface area (Å²) in [4.78, 5) is 19.0. The molecule has 1 aromatic rings. The number of ether oxygens (including phenoxy) is 1. The lowest BCUT2D eigenvalue weighted by Crippen LogP contribution is -2.29. The van der Waals surface area contributed by atoms with Crippen LogP contribution in [0, 0.1) is 6.92 Å². The van der Waals surface area contributed by atoms with Crippen LogP contribution >= 0.6 is 11.3 Å². The molecule has 0 aliphatic heterocycles. The summed E-state index contributed by atoms with van der Waals surface area (Å²) in [7, 11) is -2.67. The third kappa shape index (κ3) is 3.20. The number of esters is 1. The molecule has 1 aliphatic rings. The average molecular weight is 319 g/mol. The Balaban J connectivity index is 2.20. The number of carbonyl (C=O) groups is 1. The summed E-state index contributed by atoms with van der Waals surface area (Å²) in [5.74, 6) is -0.663. The second kappa shape index (κ2) is 6.21. The van der Waals surface area contributed by atoms with Gasteiger partial charge >= 0.3 is 5.97 Å². The summed E-state index contributed by atoms with van der Waals surface area (Å²) in [6.45, 7) is 1.63. The van der Waals surface area contributed by atoms with Crippen molar-refractivity contribution in [2.75, 3.05) is 7.11 Å². The molecule has 1 heterocycles. The lowest BCUT2D eigenvalue weighted by atomic mass is 10.3. The van der Waals surface area contributed by atoms with Gasteiger partial charge in [0.1, 0.15) is 9.77 Å². The maximum absolute atomic E-state index is 12.3. The maximum Gasteiger partial charge on any atom is 0.349 e. The first-order chi connectivity index (χ1) is 9.45. The van der Waals surface area contributed by atoms with E-state index in [0.717, 1.165) is 37.0 Å². The molecule has 0 amide bonds. The van der Waals surface area contributed by atoms with Gasteiger partial charge in [-0.2, -0.15) is 0 Å². The second-order valence-electron chi connectivity index (χ2n) is 4.68. The van der Waals surface area contributed by atoms with Gasteiger partial charge < -0.3 is 4.74 Å². The number of sulfonamides is 1. The molecule has 0 radical (unpaired) electrons. The predicted molar refractivity (Wildman–Crippen MR) is 74.1 cm³/mol. The average Bonchev–Trinajstić information content (AvgIpc) is 3.04. The molecule has 6 nitrogen and oxygen atoms in total. The van der Waals surface area contributed by atoms with E-state index < -0.39 is 16.0 Å². The van der Waals surface area contributed by atoms with Crippen molar-refractivity contribution in [3.63, 3.8) is 0 Å². The zero-order valence-corrected chi connectivity index (χ0v) is 13.0. The zero-order chi connectivity index (χ0) is 14.8. The quantitative estimate of drug-likeness (QED) is 0.663. The highest BCUT2D eigenvalue weighted by Gasteiger charge is 2.29. The fourth-order valence-electron chi connectivity index (χ4n) is 2.18. The number of nitrogens with one attached hydrogen (secondary N) is 1. The van der Waals surface area contributed by atoms with Crippen molar-refractivity contribution in [3.05, 3.63) is 15.8 Å². The SMILES string of the molecule is COC(=O)c1scc(C)c1S(=O)(=O)NOC1CCCC1. The fourth-order valence-corrected chi connectivity index (χ4v) is 4.74. The van der Waals surface area contributed by atoms with Gasteiger partial charge in [0.25, 0.3) is 10.0 Å². The van der Waals surface area contributed by atoms with Crippen LogP contribution in [0.1, 0.15) is 40.9 Å². The number of rotatable bonds is 5. The van der Waals surface area contributed by atoms with E-state index in [9.17, 15) is 13.2 Å². The first kappa shape index (κ1) is 15.4. The molecule has 112 valence electrons. The van der Waals surface area contributed by atoms with Gasteiger partial charge in [-0.05, 0) is 30.7 Å². The normalized spacial score (nSPS) is 16.5. The van der Waals surface area contributed by atoms with Crippen LogP contribution in [0.5, 0.6) is 0 Å². The van der Waals surface area contributed by atoms with Crippen molar-refractivity contribution in [3.8, 4) is 0 Å². The lowest BCUT2D eigenvalue weighted by molar-refractivity contribution is 0.0223. The number of carbonyl (C=O) groups excluding carboxylic acids is 1. The highest BCUT2D eigenvalue weighted by molar-refractivity contribution is 7.89. The Morgan fingerprint density at radius 2 is 2.05 bits per heavy atom. The van der Waals surface area contributed by atoms with Gasteiger partial charge in [0.2, 0.25) is 0 Å². The summed E-state index contributed by atoms with van der Waals surface area (Å²) in [6, 6.07) is 0. The number of aryl methyl sites for hydroxylation is 1. The van der Waals surface area contributed by atoms with E-state index in [1.54, 1.807) is 12.3 Å². The standard InChI is InChI=1S/C12H17NO5S2/c1-8-7-19-10(12(14)17-2)11(8)20(15,16)13-18-9-5-3-4-6-9/h7,9,13H,3-6H2,1-2H3. The summed E-state index contributed by atoms with van der Waals surface area (Å²) in [6.07, 6.45) is 3.67. The first-order valence-corrected chi connectivity index (χ1v) is 8.66. The lowest BCUT2D eigenvalue weighted by Gasteiger charge is -2.12. The number of thiophene rings is 1. The van der Waals surface area contributed by atoms with Crippen LogP contribution in [0.4, 0.5) is 0 Å². The maximum atomic E-state index is 12.3. The third-order valence-electron chi connectivity index (χ3n) is 3.18. The molecule has 0 bridgehead atoms. The van der Waals surface area contributed by atoms with Gasteiger partial charge in [0, 0.05) is 0 Å². The molecule has 0 saturated heterocycles. The fraction of sp³-hybridized carbons (Fsp3) is 0.583. The van der Waals surface area contributed by atoms with Crippen LogP contribution in [-0.4, -0.2) is 27.6 Å². The molecule has 2 rings (SSSR count). The Bertz CT molecular complexity index is 587. The third-order valence-corrected chi connectivity index (χ3v) is 5.77. The summed E-state index contributed by atoms with van der Waals surface area (Å²) >= 11 is 1.04. The van der Waals surface area contributed by atoms with E-state index in [2.05, 4.69) is 9.62 Å². The summed E-state index contributed by atoms with van der Waals surface area (Å²) in [5.41, 5.74) is 0.498. The summed E-state index contributed by atoms with van der Waals surface area (Å²) in [5, 5.41) is 1.61. The van der Waals surface area contributed by atoms with Crippen LogP contribution in [0.2, 0.25) is 0 Å². The second-order valence-corrected chi connectivity index (χ2v) is 7.14. The van der Waals surface area contributed by atoms with Gasteiger partial charge in [-0.25, -0.2) is 13.2 Å². The minimum atomic E-state index is -3.88. The highest BCUT2D eigenvalue weighted by atomic mass is 32.2. The first-order valence-electron chi connectivity index (χ1n) is 6.29. The van der Waals surface area contributed by atoms with E-state index in [1.165, 1.54) is 7.11 Å². The van der Waals surface area contributed by atoms with Crippen LogP contribution in [0.3, 0.4) is 0 Å². The molecular formula is C12H17NO5S2. The highest BCUT2D eigenvalue weighted by Crippen LogP contribution is 2.28. The van der Waals surface area contributed by atoms with Crippen molar-refractivity contribution in [1.29, 1.82) is 0 Å². The molecule has 1 aromatic heterocycles. The van der Waals surface area contributed by atoms with Crippen LogP contribution in [-0.2, 0) is 19.6 Å². The zero-order valence-electron chi connectivity index (χ0n) is 11.3. The Labute approximate surface area is 122 Å². The van der Waals surface area contributed by atoms with Crippen molar-refractivity contribution in [2.45, 2.75) is 43.6 Å². The molecular weight excluding hydrogens is 302 g/mol. The van der Waals surface area contributed by atoms with E-state index in [4.69, 9.17) is 4.84 Å². The molecule has 1 saturated carbocycles. The predicted octanol–water partition coefficient (Wildman–Crippen LogP) is 2.00. The van der Waals surface area contributed by atoms with Gasteiger partial charge in [-0.1, -0.05) is 17.7 Å². The molecule has 20 heavy (non-hydrogen) atoms. The Hall–Kier alpha value is -0.960. The van der Waals surface area contributed by atoms with Crippen molar-refractivity contribution in [1.82, 2.24) is 4.89 Å². The smallest absolute Gasteiger partial charge is 0.349 e. The summed E-state index contributed by atoms with van der Waals surface area (Å²) < 4.78 is 29.2. The van der Waals surface area contributed by atoms with Gasteiger partial charge in [-0.3, -0.25) is 4.84 Å². The minimum absolute atomic E-state index is 0.0625. The van der Waals surface area contributed by atoms with Crippen LogP contribution < -0.4 is 4.89 Å². The number of hydrogen-bond acceptors (Lipinski definition) is 6. The largest absolute Gasteiger partial charge is 0.465 e. The van der Waals surface area contributed by atoms with Crippen molar-refractivity contribution < 1.29 is 22.8 Å². The minimum Gasteiger partial charge on any atom is -0.465 e. The monoisotopic (exact) mass is 319 g/mol. The van der Waals surface area contributed by atoms with E-state index in [0.29, 0.717) is 5.56 Å². The van der Waals surface area contributed by atoms with Gasteiger partial charge in [-0.15, -0.1) is 11.3 Å². The molecule has 0 aromatic carbocycles. The van der Waals surface area contributed by atoms with Crippen molar-refractivity contribution >= 4 is 27.3 Å². The van der Waals surface area contributed by atoms with E-state index in [-0.39, 0.29) is 15.9 Å². The molecule has 1 aliphatic carbocycles. The Morgan fingerprint density at radius 1 is 1.40 bits per heavy atom. The van der Waals surface area contributed by atoms with E-state index >= 15 is 0 Å². The molecule has 0 atom stereocenters. The molecule has 0 spiro atoms. The number of methoxy groups -OCH3 is 1. The Morgan fingerprint density at radius 3 is 2.65 bits per heavy atom. The molecule has 1 N–H and O–H groups in total. The number of hydrogen-bond donors (Lipinski definition) is 1. The Kier molecular flexibility index (Phi) is 4.79. The van der Waals surface area contributed by atoms with Crippen LogP contribution in [0.15, 0.2) is 10.3 Å². The van der Waals surface area contributed by atoms with Crippen molar-refractivity contribution in [2.24, 2.45) is 0 Å². The topological polar surface area (TPSA) is 81.7 Å². The molecule has 0 unspecified atom stereocenters. The van der Waals surface area contributed by atoms with E-state index in [1.807, 2.05) is 0 Å². The van der Waals surface area contributed by atoms with Gasteiger partial charge in [0.15, 0.2) is 0 Å². The van der Waals surface area contributed by atoms with Gasteiger partial charge in [0.05, 0.1) is 13.2 Å². The molecule has 8 heteroatoms. The molecule has 1 fully saturated rings.